The molecule has 128 valence electrons. The lowest BCUT2D eigenvalue weighted by Gasteiger charge is -2.26. The van der Waals surface area contributed by atoms with E-state index in [4.69, 9.17) is 4.52 Å². The number of hydrogen-bond acceptors (Lipinski definition) is 5. The van der Waals surface area contributed by atoms with E-state index in [9.17, 15) is 0 Å². The van der Waals surface area contributed by atoms with E-state index in [0.717, 1.165) is 30.2 Å². The van der Waals surface area contributed by atoms with Gasteiger partial charge in [0.2, 0.25) is 0 Å². The Bertz CT molecular complexity index is 844. The highest BCUT2D eigenvalue weighted by Gasteiger charge is 2.27. The Hall–Kier alpha value is -2.69. The molecule has 1 aliphatic heterocycles. The molecule has 2 aromatic heterocycles. The zero-order valence-electron chi connectivity index (χ0n) is 14.6. The molecule has 3 aromatic rings. The van der Waals surface area contributed by atoms with Gasteiger partial charge in [0.25, 0.3) is 5.89 Å². The number of pyridine rings is 1. The van der Waals surface area contributed by atoms with Crippen molar-refractivity contribution in [2.24, 2.45) is 0 Å². The molecule has 4 rings (SSSR count). The van der Waals surface area contributed by atoms with Crippen molar-refractivity contribution in [3.8, 4) is 11.5 Å². The van der Waals surface area contributed by atoms with Gasteiger partial charge in [-0.3, -0.25) is 0 Å². The number of nitrogens with zero attached hydrogens (tertiary/aromatic N) is 4. The van der Waals surface area contributed by atoms with E-state index in [0.29, 0.717) is 11.9 Å². The molecular weight excluding hydrogens is 312 g/mol. The van der Waals surface area contributed by atoms with Crippen molar-refractivity contribution < 1.29 is 4.52 Å². The minimum atomic E-state index is 0.250. The second-order valence-corrected chi connectivity index (χ2v) is 6.78. The Kier molecular flexibility index (Phi) is 4.22. The van der Waals surface area contributed by atoms with Gasteiger partial charge in [0.05, 0.1) is 6.04 Å². The van der Waals surface area contributed by atoms with Crippen LogP contribution in [0.5, 0.6) is 0 Å². The van der Waals surface area contributed by atoms with Crippen LogP contribution in [0, 0.1) is 0 Å². The molecule has 3 heterocycles. The second-order valence-electron chi connectivity index (χ2n) is 6.78. The largest absolute Gasteiger partial charge is 0.350 e. The molecule has 0 radical (unpaired) electrons. The first kappa shape index (κ1) is 15.8. The Morgan fingerprint density at radius 1 is 1.16 bits per heavy atom. The van der Waals surface area contributed by atoms with E-state index in [1.54, 1.807) is 0 Å². The third-order valence-corrected chi connectivity index (χ3v) is 4.68. The molecule has 0 aliphatic carbocycles. The molecule has 0 bridgehead atoms. The highest BCUT2D eigenvalue weighted by atomic mass is 16.5. The highest BCUT2D eigenvalue weighted by Crippen LogP contribution is 2.36. The summed E-state index contributed by atoms with van der Waals surface area (Å²) in [5.74, 6) is 2.51. The van der Waals surface area contributed by atoms with Gasteiger partial charge < -0.3 is 9.42 Å². The summed E-state index contributed by atoms with van der Waals surface area (Å²) < 4.78 is 5.43. The average molecular weight is 334 g/mol. The van der Waals surface area contributed by atoms with E-state index in [1.807, 2.05) is 12.3 Å². The summed E-state index contributed by atoms with van der Waals surface area (Å²) >= 11 is 0. The number of hydrogen-bond donors (Lipinski definition) is 0. The van der Waals surface area contributed by atoms with Crippen LogP contribution in [-0.2, 0) is 0 Å². The van der Waals surface area contributed by atoms with Gasteiger partial charge in [-0.2, -0.15) is 4.98 Å². The fourth-order valence-corrected chi connectivity index (χ4v) is 3.36. The Morgan fingerprint density at radius 3 is 2.76 bits per heavy atom. The number of aromatic nitrogens is 3. The predicted molar refractivity (Wildman–Crippen MR) is 97.4 cm³/mol. The summed E-state index contributed by atoms with van der Waals surface area (Å²) in [6.45, 7) is 5.12. The van der Waals surface area contributed by atoms with Crippen LogP contribution < -0.4 is 4.90 Å². The van der Waals surface area contributed by atoms with E-state index in [-0.39, 0.29) is 5.92 Å². The maximum absolute atomic E-state index is 5.43. The van der Waals surface area contributed by atoms with Crippen LogP contribution in [0.25, 0.3) is 11.5 Å². The smallest absolute Gasteiger partial charge is 0.258 e. The van der Waals surface area contributed by atoms with Crippen LogP contribution in [0.2, 0.25) is 0 Å². The lowest BCUT2D eigenvalue weighted by Crippen LogP contribution is -2.23. The van der Waals surface area contributed by atoms with Gasteiger partial charge in [-0.1, -0.05) is 49.3 Å². The maximum Gasteiger partial charge on any atom is 0.258 e. The summed E-state index contributed by atoms with van der Waals surface area (Å²) in [6.07, 6.45) is 4.14. The van der Waals surface area contributed by atoms with Gasteiger partial charge in [0, 0.05) is 24.2 Å². The van der Waals surface area contributed by atoms with Crippen LogP contribution >= 0.6 is 0 Å². The standard InChI is InChI=1S/C20H22N4O/c1-14(2)19-22-20(25-23-19)16-10-11-21-18(13-16)24-12-6-9-17(24)15-7-4-3-5-8-15/h3-5,7-8,10-11,13-14,17H,6,9,12H2,1-2H3. The van der Waals surface area contributed by atoms with Gasteiger partial charge in [-0.05, 0) is 30.5 Å². The van der Waals surface area contributed by atoms with Crippen molar-refractivity contribution in [2.75, 3.05) is 11.4 Å². The normalized spacial score (nSPS) is 17.4. The van der Waals surface area contributed by atoms with Crippen LogP contribution in [0.4, 0.5) is 5.82 Å². The highest BCUT2D eigenvalue weighted by molar-refractivity contribution is 5.59. The molecule has 25 heavy (non-hydrogen) atoms. The fraction of sp³-hybridized carbons (Fsp3) is 0.350. The molecule has 5 heteroatoms. The SMILES string of the molecule is CC(C)c1noc(-c2ccnc(N3CCCC3c3ccccc3)c2)n1. The first-order chi connectivity index (χ1) is 12.2. The van der Waals surface area contributed by atoms with Gasteiger partial charge >= 0.3 is 0 Å². The van der Waals surface area contributed by atoms with Gasteiger partial charge in [-0.25, -0.2) is 4.98 Å². The number of rotatable bonds is 4. The van der Waals surface area contributed by atoms with Crippen LogP contribution in [-0.4, -0.2) is 21.7 Å². The topological polar surface area (TPSA) is 55.1 Å². The predicted octanol–water partition coefficient (Wildman–Crippen LogP) is 4.60. The van der Waals surface area contributed by atoms with Crippen molar-refractivity contribution >= 4 is 5.82 Å². The summed E-state index contributed by atoms with van der Waals surface area (Å²) in [6, 6.07) is 15.0. The Balaban J connectivity index is 1.64. The Labute approximate surface area is 147 Å². The number of anilines is 1. The van der Waals surface area contributed by atoms with Gasteiger partial charge in [0.1, 0.15) is 5.82 Å². The average Bonchev–Trinajstić information content (AvgIpc) is 3.32. The molecular formula is C20H22N4O. The minimum Gasteiger partial charge on any atom is -0.350 e. The molecule has 0 amide bonds. The third-order valence-electron chi connectivity index (χ3n) is 4.68. The first-order valence-electron chi connectivity index (χ1n) is 8.84. The molecule has 1 aromatic carbocycles. The molecule has 1 saturated heterocycles. The second kappa shape index (κ2) is 6.67. The molecule has 1 aliphatic rings. The molecule has 1 atom stereocenters. The zero-order valence-corrected chi connectivity index (χ0v) is 14.6. The zero-order chi connectivity index (χ0) is 17.2. The van der Waals surface area contributed by atoms with Gasteiger partial charge in [-0.15, -0.1) is 0 Å². The third kappa shape index (κ3) is 3.14. The quantitative estimate of drug-likeness (QED) is 0.698. The van der Waals surface area contributed by atoms with Crippen molar-refractivity contribution in [2.45, 2.75) is 38.6 Å². The lowest BCUT2D eigenvalue weighted by molar-refractivity contribution is 0.419. The van der Waals surface area contributed by atoms with E-state index in [2.05, 4.69) is 70.3 Å². The lowest BCUT2D eigenvalue weighted by atomic mass is 10.0. The molecule has 1 fully saturated rings. The van der Waals surface area contributed by atoms with Crippen molar-refractivity contribution in [3.63, 3.8) is 0 Å². The van der Waals surface area contributed by atoms with Crippen LogP contribution in [0.3, 0.4) is 0 Å². The molecule has 1 unspecified atom stereocenters. The Morgan fingerprint density at radius 2 is 2.00 bits per heavy atom. The van der Waals surface area contributed by atoms with Gasteiger partial charge in [0.15, 0.2) is 5.82 Å². The molecule has 0 saturated carbocycles. The molecule has 0 spiro atoms. The number of benzene rings is 1. The summed E-state index contributed by atoms with van der Waals surface area (Å²) in [4.78, 5) is 11.5. The van der Waals surface area contributed by atoms with Crippen LogP contribution in [0.15, 0.2) is 53.2 Å². The monoisotopic (exact) mass is 334 g/mol. The summed E-state index contributed by atoms with van der Waals surface area (Å²) in [5, 5.41) is 4.06. The minimum absolute atomic E-state index is 0.250. The van der Waals surface area contributed by atoms with E-state index >= 15 is 0 Å². The maximum atomic E-state index is 5.43. The van der Waals surface area contributed by atoms with Crippen molar-refractivity contribution in [3.05, 3.63) is 60.0 Å². The first-order valence-corrected chi connectivity index (χ1v) is 8.84. The molecule has 0 N–H and O–H groups in total. The van der Waals surface area contributed by atoms with Crippen molar-refractivity contribution in [1.82, 2.24) is 15.1 Å². The molecule has 5 nitrogen and oxygen atoms in total. The van der Waals surface area contributed by atoms with E-state index in [1.165, 1.54) is 12.0 Å². The van der Waals surface area contributed by atoms with Crippen LogP contribution in [0.1, 0.15) is 50.0 Å². The van der Waals surface area contributed by atoms with E-state index < -0.39 is 0 Å². The summed E-state index contributed by atoms with van der Waals surface area (Å²) in [7, 11) is 0. The van der Waals surface area contributed by atoms with Crippen molar-refractivity contribution in [1.29, 1.82) is 0 Å². The summed E-state index contributed by atoms with van der Waals surface area (Å²) in [5.41, 5.74) is 2.26. The fourth-order valence-electron chi connectivity index (χ4n) is 3.36.